The van der Waals surface area contributed by atoms with E-state index in [-0.39, 0.29) is 22.3 Å². The second kappa shape index (κ2) is 13.0. The molecule has 1 amide bonds. The van der Waals surface area contributed by atoms with E-state index in [1.165, 1.54) is 42.1 Å². The molecular formula is C34H25F2N3O4S2. The Balaban J connectivity index is 1.30. The van der Waals surface area contributed by atoms with Crippen molar-refractivity contribution in [1.29, 1.82) is 0 Å². The van der Waals surface area contributed by atoms with Crippen LogP contribution in [0.15, 0.2) is 107 Å². The largest absolute Gasteiger partial charge is 0.507 e. The van der Waals surface area contributed by atoms with Crippen molar-refractivity contribution in [2.24, 2.45) is 0 Å². The third-order valence-electron chi connectivity index (χ3n) is 7.32. The number of carbonyl (C=O) groups is 2. The van der Waals surface area contributed by atoms with Gasteiger partial charge in [-0.25, -0.2) is 8.78 Å². The van der Waals surface area contributed by atoms with Crippen LogP contribution in [0.3, 0.4) is 0 Å². The molecule has 0 radical (unpaired) electrons. The SMILES string of the molecule is Cc1ccccc1COc1ccc(C(O)=C2C(=O)C(=O)N(c3nnc(SCc4ccccc4F)s3)C2c2ccc(F)cc2)cc1. The van der Waals surface area contributed by atoms with Gasteiger partial charge in [0.1, 0.15) is 29.8 Å². The molecule has 11 heteroatoms. The van der Waals surface area contributed by atoms with E-state index < -0.39 is 29.3 Å². The van der Waals surface area contributed by atoms with Gasteiger partial charge < -0.3 is 9.84 Å². The molecule has 1 saturated heterocycles. The number of thioether (sulfide) groups is 1. The normalized spacial score (nSPS) is 15.9. The molecule has 1 aromatic heterocycles. The number of hydrogen-bond donors (Lipinski definition) is 1. The van der Waals surface area contributed by atoms with E-state index in [9.17, 15) is 23.5 Å². The molecule has 1 unspecified atom stereocenters. The smallest absolute Gasteiger partial charge is 0.301 e. The highest BCUT2D eigenvalue weighted by molar-refractivity contribution is 8.00. The average molecular weight is 642 g/mol. The summed E-state index contributed by atoms with van der Waals surface area (Å²) < 4.78 is 34.4. The molecular weight excluding hydrogens is 617 g/mol. The lowest BCUT2D eigenvalue weighted by molar-refractivity contribution is -0.132. The number of aryl methyl sites for hydroxylation is 1. The van der Waals surface area contributed by atoms with Gasteiger partial charge in [0.15, 0.2) is 4.34 Å². The third kappa shape index (κ3) is 6.36. The van der Waals surface area contributed by atoms with E-state index in [4.69, 9.17) is 4.74 Å². The Morgan fingerprint density at radius 1 is 0.911 bits per heavy atom. The molecule has 7 nitrogen and oxygen atoms in total. The second-order valence-electron chi connectivity index (χ2n) is 10.2. The number of ketones is 1. The van der Waals surface area contributed by atoms with E-state index in [0.717, 1.165) is 27.4 Å². The number of aliphatic hydroxyl groups is 1. The first-order valence-corrected chi connectivity index (χ1v) is 15.6. The van der Waals surface area contributed by atoms with Gasteiger partial charge in [-0.3, -0.25) is 14.5 Å². The number of hydrogen-bond acceptors (Lipinski definition) is 8. The summed E-state index contributed by atoms with van der Waals surface area (Å²) in [7, 11) is 0. The molecule has 1 fully saturated rings. The van der Waals surface area contributed by atoms with E-state index in [1.807, 2.05) is 31.2 Å². The summed E-state index contributed by atoms with van der Waals surface area (Å²) in [5.41, 5.74) is 3.14. The zero-order chi connectivity index (χ0) is 31.5. The number of amides is 1. The predicted molar refractivity (Wildman–Crippen MR) is 169 cm³/mol. The molecule has 1 atom stereocenters. The number of anilines is 1. The van der Waals surface area contributed by atoms with Gasteiger partial charge in [-0.15, -0.1) is 10.2 Å². The van der Waals surface area contributed by atoms with Crippen molar-refractivity contribution in [1.82, 2.24) is 10.2 Å². The molecule has 4 aromatic carbocycles. The maximum atomic E-state index is 14.1. The van der Waals surface area contributed by atoms with Crippen molar-refractivity contribution in [2.75, 3.05) is 4.90 Å². The number of ether oxygens (including phenoxy) is 1. The Bertz CT molecular complexity index is 1910. The van der Waals surface area contributed by atoms with Crippen molar-refractivity contribution >= 4 is 45.7 Å². The van der Waals surface area contributed by atoms with E-state index in [1.54, 1.807) is 42.5 Å². The van der Waals surface area contributed by atoms with Gasteiger partial charge >= 0.3 is 5.91 Å². The van der Waals surface area contributed by atoms with Crippen LogP contribution in [0.1, 0.15) is 33.9 Å². The van der Waals surface area contributed by atoms with Crippen molar-refractivity contribution in [3.63, 3.8) is 0 Å². The van der Waals surface area contributed by atoms with Gasteiger partial charge in [0.25, 0.3) is 5.78 Å². The molecule has 0 aliphatic carbocycles. The Hall–Kier alpha value is -4.87. The summed E-state index contributed by atoms with van der Waals surface area (Å²) in [5, 5.41) is 19.8. The van der Waals surface area contributed by atoms with Crippen LogP contribution >= 0.6 is 23.1 Å². The molecule has 0 spiro atoms. The summed E-state index contributed by atoms with van der Waals surface area (Å²) in [4.78, 5) is 28.1. The zero-order valence-corrected chi connectivity index (χ0v) is 25.4. The fraction of sp³-hybridized carbons (Fsp3) is 0.118. The molecule has 0 saturated carbocycles. The highest BCUT2D eigenvalue weighted by Gasteiger charge is 2.48. The van der Waals surface area contributed by atoms with Crippen LogP contribution in [-0.4, -0.2) is 27.0 Å². The van der Waals surface area contributed by atoms with E-state index in [0.29, 0.717) is 33.4 Å². The Morgan fingerprint density at radius 3 is 2.31 bits per heavy atom. The maximum Gasteiger partial charge on any atom is 0.301 e. The van der Waals surface area contributed by atoms with Gasteiger partial charge in [-0.1, -0.05) is 77.7 Å². The van der Waals surface area contributed by atoms with Gasteiger partial charge in [0.2, 0.25) is 5.13 Å². The van der Waals surface area contributed by atoms with Gasteiger partial charge in [0, 0.05) is 11.3 Å². The number of Topliss-reactive ketones (excluding diaryl/α,β-unsaturated/α-hetero) is 1. The first-order chi connectivity index (χ1) is 21.8. The first kappa shape index (κ1) is 30.2. The number of aromatic nitrogens is 2. The van der Waals surface area contributed by atoms with Crippen molar-refractivity contribution in [3.8, 4) is 5.75 Å². The standard InChI is InChI=1S/C34H25F2N3O4S2/c1-20-6-2-3-7-23(20)18-43-26-16-12-22(13-17-26)30(40)28-29(21-10-14-25(35)15-11-21)39(32(42)31(28)41)33-37-38-34(45-33)44-19-24-8-4-5-9-27(24)36/h2-17,29,40H,18-19H2,1H3. The fourth-order valence-corrected chi connectivity index (χ4v) is 6.75. The van der Waals surface area contributed by atoms with Crippen molar-refractivity contribution in [3.05, 3.63) is 142 Å². The molecule has 2 heterocycles. The minimum Gasteiger partial charge on any atom is -0.507 e. The number of benzene rings is 4. The molecule has 226 valence electrons. The average Bonchev–Trinajstić information content (AvgIpc) is 3.62. The minimum absolute atomic E-state index is 0.112. The number of carbonyl (C=O) groups excluding carboxylic acids is 2. The van der Waals surface area contributed by atoms with Gasteiger partial charge in [0.05, 0.1) is 11.6 Å². The van der Waals surface area contributed by atoms with E-state index in [2.05, 4.69) is 10.2 Å². The van der Waals surface area contributed by atoms with Gasteiger partial charge in [-0.05, 0) is 71.6 Å². The maximum absolute atomic E-state index is 14.1. The van der Waals surface area contributed by atoms with E-state index >= 15 is 0 Å². The zero-order valence-electron chi connectivity index (χ0n) is 23.8. The van der Waals surface area contributed by atoms with Crippen LogP contribution < -0.4 is 9.64 Å². The van der Waals surface area contributed by atoms with Crippen LogP contribution in [0.25, 0.3) is 5.76 Å². The highest BCUT2D eigenvalue weighted by atomic mass is 32.2. The quantitative estimate of drug-likeness (QED) is 0.0582. The summed E-state index contributed by atoms with van der Waals surface area (Å²) >= 11 is 2.29. The molecule has 5 aromatic rings. The van der Waals surface area contributed by atoms with Crippen LogP contribution in [0.5, 0.6) is 5.75 Å². The van der Waals surface area contributed by atoms with Crippen LogP contribution in [0.4, 0.5) is 13.9 Å². The number of rotatable bonds is 9. The predicted octanol–water partition coefficient (Wildman–Crippen LogP) is 7.62. The van der Waals surface area contributed by atoms with Crippen molar-refractivity contribution < 1.29 is 28.2 Å². The lowest BCUT2D eigenvalue weighted by atomic mass is 9.95. The Kier molecular flexibility index (Phi) is 8.72. The molecule has 0 bridgehead atoms. The topological polar surface area (TPSA) is 92.6 Å². The lowest BCUT2D eigenvalue weighted by Gasteiger charge is -2.22. The van der Waals surface area contributed by atoms with Crippen LogP contribution in [0.2, 0.25) is 0 Å². The van der Waals surface area contributed by atoms with Crippen LogP contribution in [-0.2, 0) is 21.9 Å². The molecule has 1 aliphatic rings. The Labute approximate surface area is 265 Å². The molecule has 1 N–H and O–H groups in total. The molecule has 1 aliphatic heterocycles. The summed E-state index contributed by atoms with van der Waals surface area (Å²) in [6, 6.07) is 25.0. The van der Waals surface area contributed by atoms with Crippen molar-refractivity contribution in [2.45, 2.75) is 29.7 Å². The monoisotopic (exact) mass is 641 g/mol. The summed E-state index contributed by atoms with van der Waals surface area (Å²) in [5.74, 6) is -2.23. The third-order valence-corrected chi connectivity index (χ3v) is 9.43. The number of nitrogens with zero attached hydrogens (tertiary/aromatic N) is 3. The Morgan fingerprint density at radius 2 is 1.60 bits per heavy atom. The minimum atomic E-state index is -1.10. The van der Waals surface area contributed by atoms with Crippen LogP contribution in [0, 0.1) is 18.6 Å². The molecule has 45 heavy (non-hydrogen) atoms. The second-order valence-corrected chi connectivity index (χ2v) is 12.4. The first-order valence-electron chi connectivity index (χ1n) is 13.8. The molecule has 6 rings (SSSR count). The number of halogens is 2. The van der Waals surface area contributed by atoms with Gasteiger partial charge in [-0.2, -0.15) is 0 Å². The fourth-order valence-electron chi connectivity index (χ4n) is 4.90. The lowest BCUT2D eigenvalue weighted by Crippen LogP contribution is -2.29. The summed E-state index contributed by atoms with van der Waals surface area (Å²) in [6.07, 6.45) is 0. The summed E-state index contributed by atoms with van der Waals surface area (Å²) in [6.45, 7) is 2.36. The highest BCUT2D eigenvalue weighted by Crippen LogP contribution is 2.44. The number of aliphatic hydroxyl groups excluding tert-OH is 1.